The van der Waals surface area contributed by atoms with Crippen LogP contribution in [0.25, 0.3) is 6.08 Å². The monoisotopic (exact) mass is 388 g/mol. The van der Waals surface area contributed by atoms with Gasteiger partial charge in [0.15, 0.2) is 6.61 Å². The average molecular weight is 388 g/mol. The summed E-state index contributed by atoms with van der Waals surface area (Å²) in [5.74, 6) is -0.624. The van der Waals surface area contributed by atoms with Crippen molar-refractivity contribution in [3.8, 4) is 0 Å². The number of carbonyl (C=O) groups is 2. The Morgan fingerprint density at radius 2 is 1.79 bits per heavy atom. The molecule has 1 heterocycles. The maximum Gasteiger partial charge on any atom is 0.303 e. The Bertz CT molecular complexity index is 951. The lowest BCUT2D eigenvalue weighted by atomic mass is 9.77. The van der Waals surface area contributed by atoms with Crippen LogP contribution in [0.1, 0.15) is 43.4 Å². The molecule has 2 aromatic rings. The molecule has 4 rings (SSSR count). The van der Waals surface area contributed by atoms with Crippen LogP contribution in [-0.4, -0.2) is 29.2 Å². The molecule has 0 aromatic heterocycles. The van der Waals surface area contributed by atoms with E-state index in [1.54, 1.807) is 0 Å². The zero-order chi connectivity index (χ0) is 20.2. The third-order valence-electron chi connectivity index (χ3n) is 5.44. The highest BCUT2D eigenvalue weighted by Crippen LogP contribution is 2.44. The molecule has 2 atom stereocenters. The maximum absolute atomic E-state index is 12.9. The van der Waals surface area contributed by atoms with E-state index in [-0.39, 0.29) is 24.5 Å². The van der Waals surface area contributed by atoms with E-state index in [1.165, 1.54) is 17.5 Å². The van der Waals surface area contributed by atoms with Crippen molar-refractivity contribution < 1.29 is 14.3 Å². The molecule has 0 bridgehead atoms. The standard InChI is InChI=1S/C24H24N2O3/c1-17(27)29-16-22(28)26-24(19-11-6-3-7-12-19)21-14-8-13-20(23(21)25-26)15-18-9-4-2-5-10-18/h2-7,9-12,15,21,24H,8,13-14,16H2,1H3. The minimum atomic E-state index is -0.469. The molecule has 1 aliphatic heterocycles. The fourth-order valence-electron chi connectivity index (χ4n) is 4.17. The summed E-state index contributed by atoms with van der Waals surface area (Å²) >= 11 is 0. The van der Waals surface area contributed by atoms with Crippen molar-refractivity contribution in [2.75, 3.05) is 6.61 Å². The molecule has 1 fully saturated rings. The second kappa shape index (κ2) is 8.43. The van der Waals surface area contributed by atoms with Crippen molar-refractivity contribution in [2.24, 2.45) is 11.0 Å². The van der Waals surface area contributed by atoms with E-state index in [1.807, 2.05) is 48.5 Å². The summed E-state index contributed by atoms with van der Waals surface area (Å²) in [4.78, 5) is 24.0. The van der Waals surface area contributed by atoms with Gasteiger partial charge < -0.3 is 4.74 Å². The minimum absolute atomic E-state index is 0.141. The summed E-state index contributed by atoms with van der Waals surface area (Å²) in [6, 6.07) is 20.0. The van der Waals surface area contributed by atoms with E-state index in [0.29, 0.717) is 0 Å². The van der Waals surface area contributed by atoms with Crippen LogP contribution in [0, 0.1) is 5.92 Å². The van der Waals surface area contributed by atoms with Crippen LogP contribution >= 0.6 is 0 Å². The SMILES string of the molecule is CC(=O)OCC(=O)N1N=C2C(=Cc3ccccc3)CCCC2C1c1ccccc1. The number of esters is 1. The number of amides is 1. The third-order valence-corrected chi connectivity index (χ3v) is 5.44. The molecule has 0 spiro atoms. The molecule has 0 N–H and O–H groups in total. The topological polar surface area (TPSA) is 59.0 Å². The van der Waals surface area contributed by atoms with Crippen LogP contribution in [-0.2, 0) is 14.3 Å². The van der Waals surface area contributed by atoms with Gasteiger partial charge in [-0.05, 0) is 42.0 Å². The fourth-order valence-corrected chi connectivity index (χ4v) is 4.17. The number of allylic oxidation sites excluding steroid dienone is 1. The maximum atomic E-state index is 12.9. The van der Waals surface area contributed by atoms with Crippen molar-refractivity contribution in [3.63, 3.8) is 0 Å². The lowest BCUT2D eigenvalue weighted by Gasteiger charge is -2.29. The number of benzene rings is 2. The van der Waals surface area contributed by atoms with E-state index >= 15 is 0 Å². The van der Waals surface area contributed by atoms with Gasteiger partial charge in [0.05, 0.1) is 11.8 Å². The van der Waals surface area contributed by atoms with Gasteiger partial charge in [-0.1, -0.05) is 60.7 Å². The number of ether oxygens (including phenoxy) is 1. The number of hydrazone groups is 1. The van der Waals surface area contributed by atoms with Gasteiger partial charge in [-0.15, -0.1) is 0 Å². The van der Waals surface area contributed by atoms with Gasteiger partial charge in [0.25, 0.3) is 5.91 Å². The van der Waals surface area contributed by atoms with E-state index in [4.69, 9.17) is 9.84 Å². The predicted octanol–water partition coefficient (Wildman–Crippen LogP) is 4.37. The van der Waals surface area contributed by atoms with E-state index in [9.17, 15) is 9.59 Å². The Morgan fingerprint density at radius 3 is 2.48 bits per heavy atom. The van der Waals surface area contributed by atoms with Crippen molar-refractivity contribution >= 4 is 23.7 Å². The largest absolute Gasteiger partial charge is 0.456 e. The van der Waals surface area contributed by atoms with Gasteiger partial charge in [0.1, 0.15) is 0 Å². The van der Waals surface area contributed by atoms with E-state index in [0.717, 1.165) is 36.1 Å². The minimum Gasteiger partial charge on any atom is -0.456 e. The van der Waals surface area contributed by atoms with E-state index in [2.05, 4.69) is 18.2 Å². The zero-order valence-corrected chi connectivity index (χ0v) is 16.5. The number of fused-ring (bicyclic) bond motifs is 1. The van der Waals surface area contributed by atoms with Crippen LogP contribution in [0.2, 0.25) is 0 Å². The Balaban J connectivity index is 1.70. The smallest absolute Gasteiger partial charge is 0.303 e. The second-order valence-corrected chi connectivity index (χ2v) is 7.44. The van der Waals surface area contributed by atoms with Crippen LogP contribution in [0.15, 0.2) is 71.3 Å². The molecular formula is C24H24N2O3. The molecule has 1 aliphatic carbocycles. The van der Waals surface area contributed by atoms with Crippen LogP contribution < -0.4 is 0 Å². The Kier molecular flexibility index (Phi) is 5.56. The molecule has 29 heavy (non-hydrogen) atoms. The normalized spacial score (nSPS) is 22.2. The molecule has 0 radical (unpaired) electrons. The first-order valence-electron chi connectivity index (χ1n) is 9.98. The highest BCUT2D eigenvalue weighted by Gasteiger charge is 2.43. The lowest BCUT2D eigenvalue weighted by molar-refractivity contribution is -0.151. The second-order valence-electron chi connectivity index (χ2n) is 7.44. The van der Waals surface area contributed by atoms with Crippen molar-refractivity contribution in [2.45, 2.75) is 32.2 Å². The lowest BCUT2D eigenvalue weighted by Crippen LogP contribution is -2.34. The van der Waals surface area contributed by atoms with Gasteiger partial charge in [-0.2, -0.15) is 5.10 Å². The number of hydrogen-bond donors (Lipinski definition) is 0. The first-order valence-corrected chi connectivity index (χ1v) is 9.98. The quantitative estimate of drug-likeness (QED) is 0.731. The first-order chi connectivity index (χ1) is 14.1. The molecule has 2 unspecified atom stereocenters. The molecule has 2 aromatic carbocycles. The van der Waals surface area contributed by atoms with Crippen LogP contribution in [0.5, 0.6) is 0 Å². The van der Waals surface area contributed by atoms with Gasteiger partial charge >= 0.3 is 5.97 Å². The Labute approximate surface area is 170 Å². The molecule has 148 valence electrons. The molecule has 5 nitrogen and oxygen atoms in total. The Morgan fingerprint density at radius 1 is 1.10 bits per heavy atom. The zero-order valence-electron chi connectivity index (χ0n) is 16.5. The molecule has 2 aliphatic rings. The number of hydrogen-bond acceptors (Lipinski definition) is 4. The number of nitrogens with zero attached hydrogens (tertiary/aromatic N) is 2. The third kappa shape index (κ3) is 4.14. The van der Waals surface area contributed by atoms with Crippen molar-refractivity contribution in [1.82, 2.24) is 5.01 Å². The summed E-state index contributed by atoms with van der Waals surface area (Å²) in [5.41, 5.74) is 4.33. The summed E-state index contributed by atoms with van der Waals surface area (Å²) in [6.07, 6.45) is 5.14. The van der Waals surface area contributed by atoms with Crippen molar-refractivity contribution in [3.05, 3.63) is 77.4 Å². The van der Waals surface area contributed by atoms with Gasteiger partial charge in [-0.3, -0.25) is 9.59 Å². The van der Waals surface area contributed by atoms with Gasteiger partial charge in [0.2, 0.25) is 0 Å². The van der Waals surface area contributed by atoms with Crippen LogP contribution in [0.4, 0.5) is 0 Å². The summed E-state index contributed by atoms with van der Waals surface area (Å²) in [6.45, 7) is 1.01. The van der Waals surface area contributed by atoms with Crippen LogP contribution in [0.3, 0.4) is 0 Å². The summed E-state index contributed by atoms with van der Waals surface area (Å²) in [5, 5.41) is 6.29. The average Bonchev–Trinajstić information content (AvgIpc) is 3.14. The molecule has 1 saturated carbocycles. The highest BCUT2D eigenvalue weighted by molar-refractivity contribution is 6.08. The number of carbonyl (C=O) groups excluding carboxylic acids is 2. The Hall–Kier alpha value is -3.21. The fraction of sp³-hybridized carbons (Fsp3) is 0.292. The molecule has 0 saturated heterocycles. The van der Waals surface area contributed by atoms with Gasteiger partial charge in [0, 0.05) is 12.8 Å². The predicted molar refractivity (Wildman–Crippen MR) is 112 cm³/mol. The number of rotatable bonds is 4. The van der Waals surface area contributed by atoms with E-state index < -0.39 is 5.97 Å². The first kappa shape index (κ1) is 19.1. The highest BCUT2D eigenvalue weighted by atomic mass is 16.5. The summed E-state index contributed by atoms with van der Waals surface area (Å²) in [7, 11) is 0. The molecular weight excluding hydrogens is 364 g/mol. The van der Waals surface area contributed by atoms with Crippen molar-refractivity contribution in [1.29, 1.82) is 0 Å². The molecule has 5 heteroatoms. The molecule has 1 amide bonds. The summed E-state index contributed by atoms with van der Waals surface area (Å²) < 4.78 is 4.96. The van der Waals surface area contributed by atoms with Gasteiger partial charge in [-0.25, -0.2) is 5.01 Å².